The van der Waals surface area contributed by atoms with Gasteiger partial charge in [0, 0.05) is 26.2 Å². The summed E-state index contributed by atoms with van der Waals surface area (Å²) in [7, 11) is 0. The molecule has 134 valence electrons. The molecule has 4 rings (SSSR count). The number of H-pyrrole nitrogens is 1. The summed E-state index contributed by atoms with van der Waals surface area (Å²) in [5, 5.41) is 15.8. The molecule has 3 aromatic rings. The Kier molecular flexibility index (Phi) is 4.16. The summed E-state index contributed by atoms with van der Waals surface area (Å²) in [4.78, 5) is 18.3. The molecule has 0 radical (unpaired) electrons. The molecule has 0 unspecified atom stereocenters. The molecule has 1 N–H and O–H groups in total. The topological polar surface area (TPSA) is 82.9 Å². The second-order valence-electron chi connectivity index (χ2n) is 6.42. The van der Waals surface area contributed by atoms with Crippen LogP contribution in [0, 0.1) is 13.8 Å². The Hall–Kier alpha value is -3.16. The molecular formula is C18H21N7O. The molecule has 3 heterocycles. The molecule has 1 fully saturated rings. The third-order valence-electron chi connectivity index (χ3n) is 4.67. The molecule has 2 aromatic heterocycles. The van der Waals surface area contributed by atoms with Gasteiger partial charge in [-0.3, -0.25) is 9.89 Å². The van der Waals surface area contributed by atoms with E-state index in [1.165, 1.54) is 11.0 Å². The van der Waals surface area contributed by atoms with Gasteiger partial charge in [0.15, 0.2) is 5.69 Å². The van der Waals surface area contributed by atoms with Crippen molar-refractivity contribution in [1.29, 1.82) is 0 Å². The van der Waals surface area contributed by atoms with Gasteiger partial charge in [0.1, 0.15) is 0 Å². The van der Waals surface area contributed by atoms with Crippen LogP contribution in [0.25, 0.3) is 5.69 Å². The number of carbonyl (C=O) groups excluding carboxylic acids is 1. The first-order valence-electron chi connectivity index (χ1n) is 8.67. The van der Waals surface area contributed by atoms with E-state index >= 15 is 0 Å². The first kappa shape index (κ1) is 16.3. The van der Waals surface area contributed by atoms with Crippen LogP contribution in [0.5, 0.6) is 0 Å². The van der Waals surface area contributed by atoms with Crippen molar-refractivity contribution in [2.75, 3.05) is 31.1 Å². The van der Waals surface area contributed by atoms with Crippen molar-refractivity contribution in [3.8, 4) is 5.69 Å². The lowest BCUT2D eigenvalue weighted by Gasteiger charge is -2.35. The van der Waals surface area contributed by atoms with E-state index < -0.39 is 0 Å². The number of hydrogen-bond acceptors (Lipinski definition) is 5. The van der Waals surface area contributed by atoms with Crippen molar-refractivity contribution < 1.29 is 4.79 Å². The van der Waals surface area contributed by atoms with Crippen LogP contribution in [-0.2, 0) is 0 Å². The zero-order valence-corrected chi connectivity index (χ0v) is 14.9. The monoisotopic (exact) mass is 351 g/mol. The summed E-state index contributed by atoms with van der Waals surface area (Å²) in [6.45, 7) is 6.88. The average molecular weight is 351 g/mol. The Morgan fingerprint density at radius 3 is 2.46 bits per heavy atom. The van der Waals surface area contributed by atoms with Gasteiger partial charge in [-0.25, -0.2) is 0 Å². The van der Waals surface area contributed by atoms with E-state index in [0.29, 0.717) is 18.8 Å². The smallest absolute Gasteiger partial charge is 0.276 e. The fourth-order valence-electron chi connectivity index (χ4n) is 3.35. The Balaban J connectivity index is 1.43. The first-order chi connectivity index (χ1) is 12.6. The molecule has 1 aliphatic heterocycles. The number of carbonyl (C=O) groups is 1. The van der Waals surface area contributed by atoms with Crippen molar-refractivity contribution in [2.45, 2.75) is 13.8 Å². The highest BCUT2D eigenvalue weighted by Crippen LogP contribution is 2.23. The minimum Gasteiger partial charge on any atom is -0.365 e. The second kappa shape index (κ2) is 6.62. The second-order valence-corrected chi connectivity index (χ2v) is 6.42. The molecule has 26 heavy (non-hydrogen) atoms. The van der Waals surface area contributed by atoms with Crippen LogP contribution in [0.1, 0.15) is 21.9 Å². The van der Waals surface area contributed by atoms with Gasteiger partial charge in [0.25, 0.3) is 5.91 Å². The maximum atomic E-state index is 12.7. The number of nitrogens with one attached hydrogen (secondary N) is 1. The van der Waals surface area contributed by atoms with Crippen LogP contribution < -0.4 is 4.90 Å². The number of aryl methyl sites for hydroxylation is 2. The zero-order chi connectivity index (χ0) is 18.1. The van der Waals surface area contributed by atoms with Crippen LogP contribution >= 0.6 is 0 Å². The van der Waals surface area contributed by atoms with E-state index in [-0.39, 0.29) is 5.91 Å². The predicted octanol–water partition coefficient (Wildman–Crippen LogP) is 1.57. The van der Waals surface area contributed by atoms with Gasteiger partial charge in [0.05, 0.1) is 29.0 Å². The highest BCUT2D eigenvalue weighted by atomic mass is 16.2. The quantitative estimate of drug-likeness (QED) is 0.774. The van der Waals surface area contributed by atoms with E-state index in [0.717, 1.165) is 35.9 Å². The van der Waals surface area contributed by atoms with Crippen molar-refractivity contribution in [2.24, 2.45) is 0 Å². The number of rotatable bonds is 3. The minimum absolute atomic E-state index is 0.0764. The lowest BCUT2D eigenvalue weighted by molar-refractivity contribution is 0.0740. The number of amides is 1. The molecule has 0 atom stereocenters. The molecule has 1 amide bonds. The number of nitrogens with zero attached hydrogens (tertiary/aromatic N) is 6. The van der Waals surface area contributed by atoms with Crippen LogP contribution in [0.2, 0.25) is 0 Å². The van der Waals surface area contributed by atoms with Gasteiger partial charge in [-0.05, 0) is 26.0 Å². The number of piperazine rings is 1. The fraction of sp³-hybridized carbons (Fsp3) is 0.333. The molecule has 0 saturated carbocycles. The van der Waals surface area contributed by atoms with E-state index in [4.69, 9.17) is 0 Å². The molecule has 8 heteroatoms. The lowest BCUT2D eigenvalue weighted by atomic mass is 10.2. The van der Waals surface area contributed by atoms with Crippen molar-refractivity contribution in [1.82, 2.24) is 30.1 Å². The highest BCUT2D eigenvalue weighted by Gasteiger charge is 2.26. The van der Waals surface area contributed by atoms with E-state index in [1.54, 1.807) is 0 Å². The summed E-state index contributed by atoms with van der Waals surface area (Å²) in [5.74, 6) is -0.0764. The van der Waals surface area contributed by atoms with E-state index in [9.17, 15) is 4.79 Å². The maximum absolute atomic E-state index is 12.7. The highest BCUT2D eigenvalue weighted by molar-refractivity contribution is 5.92. The van der Waals surface area contributed by atoms with Crippen LogP contribution in [0.15, 0.2) is 36.5 Å². The van der Waals surface area contributed by atoms with E-state index in [2.05, 4.69) is 25.3 Å². The first-order valence-corrected chi connectivity index (χ1v) is 8.67. The molecule has 1 aromatic carbocycles. The van der Waals surface area contributed by atoms with Gasteiger partial charge < -0.3 is 9.80 Å². The number of para-hydroxylation sites is 1. The Labute approximate surface area is 151 Å². The molecule has 0 aliphatic carbocycles. The largest absolute Gasteiger partial charge is 0.365 e. The number of hydrogen-bond donors (Lipinski definition) is 1. The number of benzene rings is 1. The standard InChI is InChI=1S/C18H21N7O/c1-13-17(14(2)21-20-13)23-8-10-24(11-9-23)18(26)16-12-19-25(22-16)15-6-4-3-5-7-15/h3-7,12H,8-11H2,1-2H3,(H,20,21). The summed E-state index contributed by atoms with van der Waals surface area (Å²) in [5.41, 5.74) is 4.41. The van der Waals surface area contributed by atoms with Gasteiger partial charge >= 0.3 is 0 Å². The summed E-state index contributed by atoms with van der Waals surface area (Å²) >= 11 is 0. The third-order valence-corrected chi connectivity index (χ3v) is 4.67. The van der Waals surface area contributed by atoms with E-state index in [1.807, 2.05) is 49.1 Å². The van der Waals surface area contributed by atoms with Crippen molar-refractivity contribution >= 4 is 11.6 Å². The molecule has 0 spiro atoms. The average Bonchev–Trinajstić information content (AvgIpc) is 3.29. The number of aromatic amines is 1. The third kappa shape index (κ3) is 2.94. The van der Waals surface area contributed by atoms with Crippen LogP contribution in [0.4, 0.5) is 5.69 Å². The Morgan fingerprint density at radius 2 is 1.81 bits per heavy atom. The summed E-state index contributed by atoms with van der Waals surface area (Å²) in [6.07, 6.45) is 1.53. The summed E-state index contributed by atoms with van der Waals surface area (Å²) in [6, 6.07) is 9.58. The summed E-state index contributed by atoms with van der Waals surface area (Å²) < 4.78 is 0. The maximum Gasteiger partial charge on any atom is 0.276 e. The van der Waals surface area contributed by atoms with Crippen LogP contribution in [0.3, 0.4) is 0 Å². The van der Waals surface area contributed by atoms with Crippen molar-refractivity contribution in [3.63, 3.8) is 0 Å². The SMILES string of the molecule is Cc1n[nH]c(C)c1N1CCN(C(=O)c2cnn(-c3ccccc3)n2)CC1. The zero-order valence-electron chi connectivity index (χ0n) is 14.9. The normalized spacial score (nSPS) is 14.7. The minimum atomic E-state index is -0.0764. The van der Waals surface area contributed by atoms with Crippen molar-refractivity contribution in [3.05, 3.63) is 53.6 Å². The fourth-order valence-corrected chi connectivity index (χ4v) is 3.35. The van der Waals surface area contributed by atoms with Gasteiger partial charge in [-0.1, -0.05) is 18.2 Å². The Morgan fingerprint density at radius 1 is 1.08 bits per heavy atom. The van der Waals surface area contributed by atoms with Gasteiger partial charge in [0.2, 0.25) is 0 Å². The predicted molar refractivity (Wildman–Crippen MR) is 97.5 cm³/mol. The molecule has 1 saturated heterocycles. The number of anilines is 1. The van der Waals surface area contributed by atoms with Gasteiger partial charge in [-0.15, -0.1) is 5.10 Å². The molecule has 8 nitrogen and oxygen atoms in total. The lowest BCUT2D eigenvalue weighted by Crippen LogP contribution is -2.49. The molecule has 0 bridgehead atoms. The number of aromatic nitrogens is 5. The van der Waals surface area contributed by atoms with Gasteiger partial charge in [-0.2, -0.15) is 15.0 Å². The van der Waals surface area contributed by atoms with Crippen LogP contribution in [-0.4, -0.2) is 62.2 Å². The molecule has 1 aliphatic rings. The Bertz CT molecular complexity index is 887. The molecular weight excluding hydrogens is 330 g/mol.